The standard InChI is InChI=1S/C11H11FN2O3/c12-7-1-3-8(4-2-7)14(11(16)17)9-5-6-13-10(9)15/h1-4,9H,5-6H2,(H,13,15)(H,16,17). The zero-order valence-electron chi connectivity index (χ0n) is 8.89. The second kappa shape index (κ2) is 4.40. The van der Waals surface area contributed by atoms with E-state index in [1.165, 1.54) is 12.1 Å². The minimum Gasteiger partial charge on any atom is -0.465 e. The summed E-state index contributed by atoms with van der Waals surface area (Å²) in [5.74, 6) is -0.772. The number of nitrogens with zero attached hydrogens (tertiary/aromatic N) is 1. The summed E-state index contributed by atoms with van der Waals surface area (Å²) in [5.41, 5.74) is 0.293. The number of amides is 2. The van der Waals surface area contributed by atoms with Gasteiger partial charge in [0, 0.05) is 12.2 Å². The van der Waals surface area contributed by atoms with Gasteiger partial charge in [-0.25, -0.2) is 9.18 Å². The second-order valence-corrected chi connectivity index (χ2v) is 3.72. The fourth-order valence-corrected chi connectivity index (χ4v) is 1.85. The number of carboxylic acid groups (broad SMARTS) is 1. The zero-order valence-corrected chi connectivity index (χ0v) is 8.89. The smallest absolute Gasteiger partial charge is 0.412 e. The van der Waals surface area contributed by atoms with Crippen molar-refractivity contribution in [3.8, 4) is 0 Å². The van der Waals surface area contributed by atoms with Gasteiger partial charge in [0.1, 0.15) is 11.9 Å². The molecule has 0 radical (unpaired) electrons. The van der Waals surface area contributed by atoms with Crippen LogP contribution in [0.1, 0.15) is 6.42 Å². The van der Waals surface area contributed by atoms with Crippen LogP contribution >= 0.6 is 0 Å². The molecule has 2 rings (SSSR count). The van der Waals surface area contributed by atoms with Crippen LogP contribution in [0.4, 0.5) is 14.9 Å². The Balaban J connectivity index is 2.32. The Morgan fingerprint density at radius 2 is 2.06 bits per heavy atom. The topological polar surface area (TPSA) is 69.6 Å². The molecule has 1 aromatic carbocycles. The molecule has 1 saturated heterocycles. The quantitative estimate of drug-likeness (QED) is 0.813. The first-order valence-electron chi connectivity index (χ1n) is 5.15. The van der Waals surface area contributed by atoms with Crippen molar-refractivity contribution in [3.05, 3.63) is 30.1 Å². The molecule has 1 aliphatic rings. The fraction of sp³-hybridized carbons (Fsp3) is 0.273. The number of rotatable bonds is 2. The van der Waals surface area contributed by atoms with E-state index in [0.29, 0.717) is 18.7 Å². The van der Waals surface area contributed by atoms with Crippen LogP contribution in [0.15, 0.2) is 24.3 Å². The van der Waals surface area contributed by atoms with E-state index < -0.39 is 18.0 Å². The number of nitrogens with one attached hydrogen (secondary N) is 1. The summed E-state index contributed by atoms with van der Waals surface area (Å²) in [4.78, 5) is 23.6. The van der Waals surface area contributed by atoms with Gasteiger partial charge in [0.25, 0.3) is 0 Å². The summed E-state index contributed by atoms with van der Waals surface area (Å²) in [6.45, 7) is 0.453. The molecule has 6 heteroatoms. The molecule has 1 unspecified atom stereocenters. The Kier molecular flexibility index (Phi) is 2.95. The Hall–Kier alpha value is -2.11. The summed E-state index contributed by atoms with van der Waals surface area (Å²) in [5, 5.41) is 11.7. The van der Waals surface area contributed by atoms with Crippen molar-refractivity contribution in [1.29, 1.82) is 0 Å². The Morgan fingerprint density at radius 3 is 2.53 bits per heavy atom. The van der Waals surface area contributed by atoms with Crippen molar-refractivity contribution < 1.29 is 19.1 Å². The van der Waals surface area contributed by atoms with Gasteiger partial charge in [-0.05, 0) is 30.7 Å². The van der Waals surface area contributed by atoms with Crippen molar-refractivity contribution in [1.82, 2.24) is 5.32 Å². The molecule has 0 aromatic heterocycles. The molecule has 2 N–H and O–H groups in total. The van der Waals surface area contributed by atoms with Crippen molar-refractivity contribution in [2.45, 2.75) is 12.5 Å². The Bertz CT molecular complexity index is 447. The minimum absolute atomic E-state index is 0.293. The predicted molar refractivity (Wildman–Crippen MR) is 58.3 cm³/mol. The van der Waals surface area contributed by atoms with E-state index in [0.717, 1.165) is 17.0 Å². The molecular formula is C11H11FN2O3. The van der Waals surface area contributed by atoms with Crippen molar-refractivity contribution in [2.24, 2.45) is 0 Å². The summed E-state index contributed by atoms with van der Waals surface area (Å²) < 4.78 is 12.8. The van der Waals surface area contributed by atoms with E-state index in [1.54, 1.807) is 0 Å². The molecule has 1 aliphatic heterocycles. The number of hydrogen-bond acceptors (Lipinski definition) is 2. The van der Waals surface area contributed by atoms with Gasteiger partial charge in [-0.15, -0.1) is 0 Å². The summed E-state index contributed by atoms with van der Waals surface area (Å²) in [6, 6.07) is 4.28. The first-order valence-corrected chi connectivity index (χ1v) is 5.15. The minimum atomic E-state index is -1.22. The molecule has 1 aromatic rings. The maximum absolute atomic E-state index is 12.8. The van der Waals surface area contributed by atoms with Gasteiger partial charge in [0.05, 0.1) is 0 Å². The van der Waals surface area contributed by atoms with E-state index in [4.69, 9.17) is 5.11 Å². The van der Waals surface area contributed by atoms with Crippen LogP contribution in [0.25, 0.3) is 0 Å². The number of carbonyl (C=O) groups is 2. The summed E-state index contributed by atoms with van der Waals surface area (Å²) in [7, 11) is 0. The van der Waals surface area contributed by atoms with Crippen molar-refractivity contribution in [2.75, 3.05) is 11.4 Å². The molecule has 0 spiro atoms. The lowest BCUT2D eigenvalue weighted by molar-refractivity contribution is -0.120. The van der Waals surface area contributed by atoms with Gasteiger partial charge >= 0.3 is 6.09 Å². The lowest BCUT2D eigenvalue weighted by atomic mass is 10.2. The normalized spacial score (nSPS) is 18.9. The molecule has 0 aliphatic carbocycles. The lowest BCUT2D eigenvalue weighted by Crippen LogP contribution is -2.44. The monoisotopic (exact) mass is 238 g/mol. The number of carbonyl (C=O) groups excluding carboxylic acids is 1. The first kappa shape index (κ1) is 11.4. The average Bonchev–Trinajstić information content (AvgIpc) is 2.68. The van der Waals surface area contributed by atoms with Gasteiger partial charge < -0.3 is 10.4 Å². The molecular weight excluding hydrogens is 227 g/mol. The van der Waals surface area contributed by atoms with Crippen molar-refractivity contribution >= 4 is 17.7 Å². The highest BCUT2D eigenvalue weighted by Gasteiger charge is 2.34. The zero-order chi connectivity index (χ0) is 12.4. The van der Waals surface area contributed by atoms with Gasteiger partial charge in [0.15, 0.2) is 0 Å². The van der Waals surface area contributed by atoms with E-state index in [-0.39, 0.29) is 5.91 Å². The average molecular weight is 238 g/mol. The first-order chi connectivity index (χ1) is 8.09. The highest BCUT2D eigenvalue weighted by molar-refractivity contribution is 5.97. The Labute approximate surface area is 96.8 Å². The third kappa shape index (κ3) is 2.20. The van der Waals surface area contributed by atoms with E-state index >= 15 is 0 Å². The van der Waals surface area contributed by atoms with Gasteiger partial charge in [-0.3, -0.25) is 9.69 Å². The lowest BCUT2D eigenvalue weighted by Gasteiger charge is -2.23. The third-order valence-electron chi connectivity index (χ3n) is 2.64. The van der Waals surface area contributed by atoms with E-state index in [1.807, 2.05) is 0 Å². The van der Waals surface area contributed by atoms with Crippen LogP contribution in [-0.2, 0) is 4.79 Å². The van der Waals surface area contributed by atoms with Gasteiger partial charge in [-0.2, -0.15) is 0 Å². The van der Waals surface area contributed by atoms with Crippen LogP contribution in [0.2, 0.25) is 0 Å². The van der Waals surface area contributed by atoms with Crippen LogP contribution in [0.5, 0.6) is 0 Å². The molecule has 1 atom stereocenters. The number of anilines is 1. The molecule has 5 nitrogen and oxygen atoms in total. The second-order valence-electron chi connectivity index (χ2n) is 3.72. The molecule has 90 valence electrons. The maximum Gasteiger partial charge on any atom is 0.412 e. The highest BCUT2D eigenvalue weighted by Crippen LogP contribution is 2.21. The molecule has 17 heavy (non-hydrogen) atoms. The van der Waals surface area contributed by atoms with E-state index in [2.05, 4.69) is 5.32 Å². The van der Waals surface area contributed by atoms with Crippen LogP contribution < -0.4 is 10.2 Å². The molecule has 2 amide bonds. The van der Waals surface area contributed by atoms with Crippen LogP contribution in [0, 0.1) is 5.82 Å². The number of hydrogen-bond donors (Lipinski definition) is 2. The fourth-order valence-electron chi connectivity index (χ4n) is 1.85. The van der Waals surface area contributed by atoms with Gasteiger partial charge in [-0.1, -0.05) is 0 Å². The van der Waals surface area contributed by atoms with Crippen molar-refractivity contribution in [3.63, 3.8) is 0 Å². The SMILES string of the molecule is O=C1NCCC1N(C(=O)O)c1ccc(F)cc1. The third-order valence-corrected chi connectivity index (χ3v) is 2.64. The highest BCUT2D eigenvalue weighted by atomic mass is 19.1. The largest absolute Gasteiger partial charge is 0.465 e. The van der Waals surface area contributed by atoms with E-state index in [9.17, 15) is 14.0 Å². The molecule has 0 bridgehead atoms. The molecule has 1 heterocycles. The summed E-state index contributed by atoms with van der Waals surface area (Å²) >= 11 is 0. The van der Waals surface area contributed by atoms with Crippen LogP contribution in [0.3, 0.4) is 0 Å². The number of halogens is 1. The van der Waals surface area contributed by atoms with Crippen LogP contribution in [-0.4, -0.2) is 29.7 Å². The maximum atomic E-state index is 12.8. The summed E-state index contributed by atoms with van der Waals surface area (Å²) in [6.07, 6.45) is -0.804. The molecule has 1 fully saturated rings. The predicted octanol–water partition coefficient (Wildman–Crippen LogP) is 1.20. The number of benzene rings is 1. The molecule has 0 saturated carbocycles. The van der Waals surface area contributed by atoms with Gasteiger partial charge in [0.2, 0.25) is 5.91 Å². The Morgan fingerprint density at radius 1 is 1.41 bits per heavy atom.